The number of alkyl halides is 1. The van der Waals surface area contributed by atoms with Gasteiger partial charge < -0.3 is 0 Å². The van der Waals surface area contributed by atoms with Crippen molar-refractivity contribution in [3.63, 3.8) is 0 Å². The lowest BCUT2D eigenvalue weighted by Gasteiger charge is -2.18. The van der Waals surface area contributed by atoms with Crippen LogP contribution in [0.3, 0.4) is 0 Å². The van der Waals surface area contributed by atoms with Gasteiger partial charge in [0.2, 0.25) is 0 Å². The number of rotatable bonds is 4. The topological polar surface area (TPSA) is 59.1 Å². The number of hydrogen-bond acceptors (Lipinski definition) is 4. The molecule has 2 atom stereocenters. The zero-order valence-corrected chi connectivity index (χ0v) is 12.7. The highest BCUT2D eigenvalue weighted by atomic mass is 79.9. The van der Waals surface area contributed by atoms with Gasteiger partial charge in [0.05, 0.1) is 11.2 Å². The molecule has 0 amide bonds. The molecule has 7 heteroatoms. The summed E-state index contributed by atoms with van der Waals surface area (Å²) in [5, 5.41) is 1.62. The Hall–Kier alpha value is 0.0200. The quantitative estimate of drug-likeness (QED) is 0.857. The molecule has 4 nitrogen and oxygen atoms in total. The summed E-state index contributed by atoms with van der Waals surface area (Å²) >= 11 is 4.65. The van der Waals surface area contributed by atoms with Crippen LogP contribution in [0, 0.1) is 12.8 Å². The van der Waals surface area contributed by atoms with Gasteiger partial charge in [-0.1, -0.05) is 22.4 Å². The Morgan fingerprint density at radius 1 is 1.59 bits per heavy atom. The summed E-state index contributed by atoms with van der Waals surface area (Å²) in [7, 11) is -3.38. The summed E-state index contributed by atoms with van der Waals surface area (Å²) in [5.41, 5.74) is 0. The van der Waals surface area contributed by atoms with Gasteiger partial charge in [0.1, 0.15) is 0 Å². The largest absolute Gasteiger partial charge is 0.251 e. The maximum atomic E-state index is 12.1. The second-order valence-electron chi connectivity index (χ2n) is 4.27. The molecule has 2 rings (SSSR count). The van der Waals surface area contributed by atoms with Gasteiger partial charge in [-0.25, -0.2) is 18.1 Å². The molecule has 0 spiro atoms. The van der Waals surface area contributed by atoms with Gasteiger partial charge in [0.25, 0.3) is 10.0 Å². The van der Waals surface area contributed by atoms with Gasteiger partial charge in [0.15, 0.2) is 4.21 Å². The van der Waals surface area contributed by atoms with Gasteiger partial charge >= 0.3 is 0 Å². The molecule has 2 unspecified atom stereocenters. The highest BCUT2D eigenvalue weighted by molar-refractivity contribution is 9.09. The normalized spacial score (nSPS) is 25.3. The van der Waals surface area contributed by atoms with Crippen molar-refractivity contribution in [1.82, 2.24) is 9.71 Å². The third-order valence-electron chi connectivity index (χ3n) is 3.03. The summed E-state index contributed by atoms with van der Waals surface area (Å²) < 4.78 is 27.3. The minimum Gasteiger partial charge on any atom is -0.249 e. The van der Waals surface area contributed by atoms with Crippen LogP contribution in [0.25, 0.3) is 0 Å². The van der Waals surface area contributed by atoms with E-state index in [4.69, 9.17) is 0 Å². The number of halogens is 1. The zero-order valence-electron chi connectivity index (χ0n) is 9.52. The fourth-order valence-corrected chi connectivity index (χ4v) is 5.34. The van der Waals surface area contributed by atoms with Crippen LogP contribution in [-0.4, -0.2) is 24.8 Å². The monoisotopic (exact) mass is 338 g/mol. The van der Waals surface area contributed by atoms with Crippen LogP contribution in [0.1, 0.15) is 24.3 Å². The van der Waals surface area contributed by atoms with Crippen LogP contribution < -0.4 is 4.72 Å². The molecule has 0 radical (unpaired) electrons. The van der Waals surface area contributed by atoms with Crippen molar-refractivity contribution in [3.8, 4) is 0 Å². The number of nitrogens with one attached hydrogen (secondary N) is 1. The van der Waals surface area contributed by atoms with E-state index >= 15 is 0 Å². The molecule has 0 aromatic carbocycles. The van der Waals surface area contributed by atoms with Gasteiger partial charge in [-0.2, -0.15) is 0 Å². The Kier molecular flexibility index (Phi) is 4.22. The molecule has 0 bridgehead atoms. The van der Waals surface area contributed by atoms with Gasteiger partial charge in [-0.15, -0.1) is 11.3 Å². The molecule has 0 aliphatic heterocycles. The van der Waals surface area contributed by atoms with Crippen LogP contribution in [-0.2, 0) is 10.0 Å². The van der Waals surface area contributed by atoms with Crippen molar-refractivity contribution >= 4 is 37.3 Å². The number of hydrogen-bond donors (Lipinski definition) is 1. The lowest BCUT2D eigenvalue weighted by atomic mass is 10.1. The minimum atomic E-state index is -3.38. The van der Waals surface area contributed by atoms with E-state index in [2.05, 4.69) is 25.6 Å². The summed E-state index contributed by atoms with van der Waals surface area (Å²) in [6.07, 6.45) is 4.53. The predicted octanol–water partition coefficient (Wildman–Crippen LogP) is 2.29. The van der Waals surface area contributed by atoms with E-state index < -0.39 is 10.0 Å². The molecule has 1 N–H and O–H groups in total. The molecule has 1 heterocycles. The highest BCUT2D eigenvalue weighted by Crippen LogP contribution is 2.29. The second-order valence-corrected chi connectivity index (χ2v) is 8.09. The molecule has 1 aromatic rings. The van der Waals surface area contributed by atoms with Gasteiger partial charge in [-0.3, -0.25) is 0 Å². The summed E-state index contributed by atoms with van der Waals surface area (Å²) in [6.45, 7) is 1.81. The molecule has 1 fully saturated rings. The van der Waals surface area contributed by atoms with E-state index in [0.717, 1.165) is 29.6 Å². The lowest BCUT2D eigenvalue weighted by molar-refractivity contribution is 0.485. The van der Waals surface area contributed by atoms with E-state index in [1.54, 1.807) is 6.92 Å². The van der Waals surface area contributed by atoms with Crippen molar-refractivity contribution in [2.75, 3.05) is 5.33 Å². The molecule has 17 heavy (non-hydrogen) atoms. The Labute approximate surface area is 114 Å². The maximum absolute atomic E-state index is 12.1. The highest BCUT2D eigenvalue weighted by Gasteiger charge is 2.31. The molecular weight excluding hydrogens is 324 g/mol. The Bertz CT molecular complexity index is 486. The van der Waals surface area contributed by atoms with Crippen molar-refractivity contribution in [2.24, 2.45) is 5.92 Å². The third-order valence-corrected chi connectivity index (χ3v) is 6.72. The average Bonchev–Trinajstić information content (AvgIpc) is 2.86. The summed E-state index contributed by atoms with van der Waals surface area (Å²) in [6, 6.07) is 0.0572. The van der Waals surface area contributed by atoms with Crippen molar-refractivity contribution in [1.29, 1.82) is 0 Å². The lowest BCUT2D eigenvalue weighted by Crippen LogP contribution is -2.37. The van der Waals surface area contributed by atoms with Crippen molar-refractivity contribution in [3.05, 3.63) is 11.2 Å². The smallest absolute Gasteiger partial charge is 0.249 e. The van der Waals surface area contributed by atoms with Crippen LogP contribution in [0.5, 0.6) is 0 Å². The summed E-state index contributed by atoms with van der Waals surface area (Å²) in [5.74, 6) is 0.402. The maximum Gasteiger partial charge on any atom is 0.251 e. The van der Waals surface area contributed by atoms with Crippen LogP contribution in [0.15, 0.2) is 10.4 Å². The van der Waals surface area contributed by atoms with E-state index in [0.29, 0.717) is 10.1 Å². The predicted molar refractivity (Wildman–Crippen MR) is 72.1 cm³/mol. The fourth-order valence-electron chi connectivity index (χ4n) is 2.10. The first kappa shape index (κ1) is 13.5. The van der Waals surface area contributed by atoms with Crippen LogP contribution in [0.4, 0.5) is 0 Å². The Morgan fingerprint density at radius 2 is 2.35 bits per heavy atom. The molecule has 1 saturated carbocycles. The number of sulfonamides is 1. The first-order valence-corrected chi connectivity index (χ1v) is 8.96. The van der Waals surface area contributed by atoms with Crippen LogP contribution in [0.2, 0.25) is 0 Å². The van der Waals surface area contributed by atoms with E-state index in [1.807, 2.05) is 0 Å². The van der Waals surface area contributed by atoms with E-state index in [1.165, 1.54) is 17.5 Å². The molecule has 1 aliphatic carbocycles. The van der Waals surface area contributed by atoms with E-state index in [9.17, 15) is 8.42 Å². The zero-order chi connectivity index (χ0) is 12.5. The number of aromatic nitrogens is 1. The molecule has 1 aliphatic rings. The number of aryl methyl sites for hydroxylation is 1. The van der Waals surface area contributed by atoms with E-state index in [-0.39, 0.29) is 6.04 Å². The molecule has 96 valence electrons. The molecular formula is C10H15BrN2O2S2. The fraction of sp³-hybridized carbons (Fsp3) is 0.700. The van der Waals surface area contributed by atoms with Crippen molar-refractivity contribution in [2.45, 2.75) is 36.4 Å². The first-order valence-electron chi connectivity index (χ1n) is 5.53. The average molecular weight is 339 g/mol. The van der Waals surface area contributed by atoms with Gasteiger partial charge in [0, 0.05) is 11.4 Å². The Morgan fingerprint density at radius 3 is 2.94 bits per heavy atom. The molecule has 0 saturated heterocycles. The van der Waals surface area contributed by atoms with Gasteiger partial charge in [-0.05, 0) is 25.7 Å². The standard InChI is InChI=1S/C10H15BrN2O2S2/c1-7-12-6-10(16-7)17(14,15)13-9-4-2-3-8(9)5-11/h6,8-9,13H,2-5H2,1H3. The van der Waals surface area contributed by atoms with Crippen LogP contribution >= 0.6 is 27.3 Å². The number of thiazole rings is 1. The second kappa shape index (κ2) is 5.34. The summed E-state index contributed by atoms with van der Waals surface area (Å²) in [4.78, 5) is 3.99. The van der Waals surface area contributed by atoms with Crippen molar-refractivity contribution < 1.29 is 8.42 Å². The third kappa shape index (κ3) is 3.07. The Balaban J connectivity index is 2.12. The molecule has 1 aromatic heterocycles. The minimum absolute atomic E-state index is 0.0572. The first-order chi connectivity index (χ1) is 8.03. The number of nitrogens with zero attached hydrogens (tertiary/aromatic N) is 1. The SMILES string of the molecule is Cc1ncc(S(=O)(=O)NC2CCCC2CBr)s1.